The number of nitrogens with zero attached hydrogens (tertiary/aromatic N) is 2. The third-order valence-electron chi connectivity index (χ3n) is 5.98. The molecule has 0 bridgehead atoms. The van der Waals surface area contributed by atoms with Crippen LogP contribution in [0.5, 0.6) is 0 Å². The van der Waals surface area contributed by atoms with Gasteiger partial charge in [0.25, 0.3) is 20.2 Å². The molecule has 2 radical (unpaired) electrons. The molecule has 0 spiro atoms. The first-order chi connectivity index (χ1) is 18.9. The second-order valence-corrected chi connectivity index (χ2v) is 11.3. The van der Waals surface area contributed by atoms with Crippen LogP contribution in [-0.2, 0) is 20.2 Å². The molecule has 0 heterocycles. The molecular formula is C26H18N4Na2O8S2. The first kappa shape index (κ1) is 33.7. The van der Waals surface area contributed by atoms with Crippen molar-refractivity contribution in [2.24, 2.45) is 10.2 Å². The summed E-state index contributed by atoms with van der Waals surface area (Å²) in [4.78, 5) is 24.9. The van der Waals surface area contributed by atoms with Crippen LogP contribution in [0.2, 0.25) is 0 Å². The predicted octanol–water partition coefficient (Wildman–Crippen LogP) is 1.18. The maximum absolute atomic E-state index is 13.0. The first-order valence-electron chi connectivity index (χ1n) is 11.4. The normalized spacial score (nSPS) is 12.5. The minimum Gasteiger partial charge on any atom is -0.287 e. The van der Waals surface area contributed by atoms with Crippen LogP contribution >= 0.6 is 0 Å². The van der Waals surface area contributed by atoms with Crippen LogP contribution in [-0.4, -0.2) is 85.1 Å². The third kappa shape index (κ3) is 6.89. The van der Waals surface area contributed by atoms with Gasteiger partial charge < -0.3 is 0 Å². The molecule has 0 saturated heterocycles. The van der Waals surface area contributed by atoms with Gasteiger partial charge in [-0.1, -0.05) is 48.5 Å². The van der Waals surface area contributed by atoms with E-state index in [0.717, 1.165) is 6.07 Å². The number of nitrogens with one attached hydrogen (secondary N) is 2. The molecule has 5 aromatic carbocycles. The van der Waals surface area contributed by atoms with E-state index in [1.807, 2.05) is 0 Å². The zero-order valence-electron chi connectivity index (χ0n) is 22.1. The summed E-state index contributed by atoms with van der Waals surface area (Å²) in [5.41, 5.74) is 4.40. The first-order valence-corrected chi connectivity index (χ1v) is 14.3. The molecule has 0 fully saturated rings. The summed E-state index contributed by atoms with van der Waals surface area (Å²) >= 11 is 0. The Kier molecular flexibility index (Phi) is 10.7. The van der Waals surface area contributed by atoms with Crippen molar-refractivity contribution in [3.63, 3.8) is 0 Å². The average molecular weight is 625 g/mol. The summed E-state index contributed by atoms with van der Waals surface area (Å²) in [6.07, 6.45) is 0. The Balaban J connectivity index is 0.00000242. The van der Waals surface area contributed by atoms with E-state index in [4.69, 9.17) is 0 Å². The van der Waals surface area contributed by atoms with Crippen LogP contribution in [0.4, 0.5) is 11.4 Å². The predicted molar refractivity (Wildman–Crippen MR) is 159 cm³/mol. The van der Waals surface area contributed by atoms with Crippen LogP contribution < -0.4 is 32.4 Å². The van der Waals surface area contributed by atoms with Crippen molar-refractivity contribution in [2.75, 3.05) is 10.9 Å². The minimum atomic E-state index is -4.51. The Hall–Kier alpha value is -2.76. The van der Waals surface area contributed by atoms with Gasteiger partial charge >= 0.3 is 0 Å². The molecule has 0 saturated carbocycles. The van der Waals surface area contributed by atoms with Gasteiger partial charge in [-0.25, -0.2) is 0 Å². The molecule has 4 N–H and O–H groups in total. The summed E-state index contributed by atoms with van der Waals surface area (Å²) in [5, 5.41) is 8.56. The van der Waals surface area contributed by atoms with E-state index in [0.29, 0.717) is 16.5 Å². The fourth-order valence-corrected chi connectivity index (χ4v) is 5.55. The molecule has 5 aromatic rings. The molecular weight excluding hydrogens is 606 g/mol. The van der Waals surface area contributed by atoms with Gasteiger partial charge in [-0.15, -0.1) is 0 Å². The molecule has 204 valence electrons. The Labute approximate surface area is 282 Å². The van der Waals surface area contributed by atoms with Crippen molar-refractivity contribution in [3.8, 4) is 0 Å². The molecule has 16 heteroatoms. The van der Waals surface area contributed by atoms with E-state index in [9.17, 15) is 35.5 Å². The van der Waals surface area contributed by atoms with Gasteiger partial charge in [-0.05, 0) is 36.4 Å². The molecule has 0 amide bonds. The molecule has 0 unspecified atom stereocenters. The van der Waals surface area contributed by atoms with Crippen molar-refractivity contribution < 1.29 is 25.9 Å². The quantitative estimate of drug-likeness (QED) is 0.121. The average Bonchev–Trinajstić information content (AvgIpc) is 2.91. The minimum absolute atomic E-state index is 0. The van der Waals surface area contributed by atoms with Gasteiger partial charge in [0.1, 0.15) is 15.1 Å². The third-order valence-corrected chi connectivity index (χ3v) is 7.81. The number of hydrogen-bond donors (Lipinski definition) is 4. The van der Waals surface area contributed by atoms with E-state index < -0.39 is 36.5 Å². The van der Waals surface area contributed by atoms with Crippen molar-refractivity contribution >= 4 is 112 Å². The summed E-state index contributed by atoms with van der Waals surface area (Å²) in [6, 6.07) is 20.0. The van der Waals surface area contributed by atoms with E-state index in [1.54, 1.807) is 36.4 Å². The van der Waals surface area contributed by atoms with Gasteiger partial charge in [0.2, 0.25) is 10.9 Å². The molecule has 0 aromatic heterocycles. The fraction of sp³-hybridized carbons (Fsp3) is 0. The molecule has 0 aliphatic carbocycles. The maximum Gasteiger partial charge on any atom is 0.295 e. The summed E-state index contributed by atoms with van der Waals surface area (Å²) in [5.74, 6) is 0. The fourth-order valence-electron chi connectivity index (χ4n) is 4.16. The summed E-state index contributed by atoms with van der Waals surface area (Å²) in [7, 11) is -8.99. The van der Waals surface area contributed by atoms with Gasteiger partial charge in [0.15, 0.2) is 5.36 Å². The van der Waals surface area contributed by atoms with Gasteiger partial charge in [-0.2, -0.15) is 27.0 Å². The number of fused-ring (bicyclic) bond motifs is 2. The second-order valence-electron chi connectivity index (χ2n) is 8.47. The summed E-state index contributed by atoms with van der Waals surface area (Å²) < 4.78 is 66.0. The van der Waals surface area contributed by atoms with E-state index in [-0.39, 0.29) is 90.7 Å². The van der Waals surface area contributed by atoms with E-state index in [1.165, 1.54) is 42.5 Å². The van der Waals surface area contributed by atoms with Crippen LogP contribution in [0.3, 0.4) is 0 Å². The Morgan fingerprint density at radius 3 is 1.43 bits per heavy atom. The van der Waals surface area contributed by atoms with E-state index >= 15 is 0 Å². The van der Waals surface area contributed by atoms with Gasteiger partial charge in [-0.3, -0.25) is 29.5 Å². The molecule has 12 nitrogen and oxygen atoms in total. The Morgan fingerprint density at radius 1 is 0.548 bits per heavy atom. The Bertz CT molecular complexity index is 2290. The van der Waals surface area contributed by atoms with Crippen molar-refractivity contribution in [1.29, 1.82) is 0 Å². The second kappa shape index (κ2) is 13.3. The van der Waals surface area contributed by atoms with Crippen molar-refractivity contribution in [2.45, 2.75) is 9.79 Å². The SMILES string of the molecule is O=c1cc/c(=N\Nc2ccc(S(=O)(=O)O)c3ccccc23)c(=O)/c1=N\Nc1ccc(S(=O)(=O)O)c2ccccc12.[Na].[Na]. The van der Waals surface area contributed by atoms with Crippen molar-refractivity contribution in [3.05, 3.63) is 116 Å². The molecule has 0 atom stereocenters. The number of anilines is 2. The van der Waals surface area contributed by atoms with Gasteiger partial charge in [0, 0.05) is 80.7 Å². The topological polar surface area (TPSA) is 192 Å². The Morgan fingerprint density at radius 2 is 0.976 bits per heavy atom. The van der Waals surface area contributed by atoms with E-state index in [2.05, 4.69) is 21.1 Å². The maximum atomic E-state index is 13.0. The molecule has 42 heavy (non-hydrogen) atoms. The molecule has 0 aliphatic rings. The zero-order chi connectivity index (χ0) is 28.7. The zero-order valence-corrected chi connectivity index (χ0v) is 27.8. The largest absolute Gasteiger partial charge is 0.295 e. The number of benzene rings is 5. The number of rotatable bonds is 6. The smallest absolute Gasteiger partial charge is 0.287 e. The summed E-state index contributed by atoms with van der Waals surface area (Å²) in [6.45, 7) is 0. The van der Waals surface area contributed by atoms with Crippen molar-refractivity contribution in [1.82, 2.24) is 0 Å². The monoisotopic (exact) mass is 624 g/mol. The molecule has 5 rings (SSSR count). The van der Waals surface area contributed by atoms with Gasteiger partial charge in [0.05, 0.1) is 11.4 Å². The number of hydrogen-bond acceptors (Lipinski definition) is 10. The van der Waals surface area contributed by atoms with Crippen LogP contribution in [0.1, 0.15) is 0 Å². The molecule has 0 aliphatic heterocycles. The van der Waals surface area contributed by atoms with Crippen LogP contribution in [0.25, 0.3) is 21.5 Å². The standard InChI is InChI=1S/C26H18N4O8S2.2Na/c31-22-12-9-21(29-27-19-10-13-23(39(33,34)35)17-7-3-1-5-15(17)19)26(32)25(22)30-28-20-11-14-24(40(36,37)38)18-8-4-2-6-16(18)20;;/h1-14,27-28H,(H,33,34,35)(H,36,37,38);;/b29-21+,30-25-;;. The van der Waals surface area contributed by atoms with Crippen LogP contribution in [0, 0.1) is 0 Å². The van der Waals surface area contributed by atoms with Crippen LogP contribution in [0.15, 0.2) is 115 Å².